The van der Waals surface area contributed by atoms with E-state index in [1.807, 2.05) is 85.2 Å². The molecule has 0 aliphatic rings. The summed E-state index contributed by atoms with van der Waals surface area (Å²) in [6.45, 7) is 4.70. The second-order valence-corrected chi connectivity index (χ2v) is 7.24. The first kappa shape index (κ1) is 20.5. The van der Waals surface area contributed by atoms with Crippen LogP contribution in [0.25, 0.3) is 17.5 Å². The highest BCUT2D eigenvalue weighted by Gasteiger charge is 2.14. The molecule has 0 fully saturated rings. The van der Waals surface area contributed by atoms with Crippen LogP contribution in [-0.4, -0.2) is 32.6 Å². The molecule has 0 aliphatic heterocycles. The number of rotatable bonds is 8. The van der Waals surface area contributed by atoms with Gasteiger partial charge >= 0.3 is 0 Å². The molecule has 148 valence electrons. The van der Waals surface area contributed by atoms with Gasteiger partial charge in [0.15, 0.2) is 11.0 Å². The molecule has 1 heterocycles. The maximum Gasteiger partial charge on any atom is 0.250 e. The van der Waals surface area contributed by atoms with Crippen LogP contribution in [0.3, 0.4) is 0 Å². The first-order valence-corrected chi connectivity index (χ1v) is 10.3. The molecule has 0 bridgehead atoms. The number of nitrogens with one attached hydrogen (secondary N) is 1. The summed E-state index contributed by atoms with van der Waals surface area (Å²) in [6.07, 6.45) is 3.64. The molecule has 0 spiro atoms. The maximum atomic E-state index is 12.1. The Morgan fingerprint density at radius 1 is 1.10 bits per heavy atom. The number of hydrogen-bond donors (Lipinski definition) is 1. The Kier molecular flexibility index (Phi) is 7.35. The Bertz CT molecular complexity index is 997. The Balaban J connectivity index is 1.54. The Morgan fingerprint density at radius 3 is 2.48 bits per heavy atom. The topological polar surface area (TPSA) is 72.2 Å². The highest BCUT2D eigenvalue weighted by atomic mass is 32.2. The summed E-state index contributed by atoms with van der Waals surface area (Å²) < 4.78 is 2.00. The highest BCUT2D eigenvalue weighted by Crippen LogP contribution is 2.23. The summed E-state index contributed by atoms with van der Waals surface area (Å²) in [6, 6.07) is 19.9. The van der Waals surface area contributed by atoms with Gasteiger partial charge in [0.2, 0.25) is 0 Å². The van der Waals surface area contributed by atoms with Crippen LogP contribution >= 0.6 is 11.8 Å². The average molecular weight is 406 g/mol. The van der Waals surface area contributed by atoms with Crippen molar-refractivity contribution in [1.82, 2.24) is 20.2 Å². The van der Waals surface area contributed by atoms with E-state index in [0.717, 1.165) is 29.1 Å². The fraction of sp³-hybridized carbons (Fsp3) is 0.182. The monoisotopic (exact) mass is 405 g/mol. The van der Waals surface area contributed by atoms with Crippen LogP contribution in [0.1, 0.15) is 19.4 Å². The van der Waals surface area contributed by atoms with Crippen molar-refractivity contribution < 1.29 is 4.79 Å². The third kappa shape index (κ3) is 5.89. The summed E-state index contributed by atoms with van der Waals surface area (Å²) in [7, 11) is 0. The van der Waals surface area contributed by atoms with Crippen LogP contribution in [0, 0.1) is 0 Å². The second-order valence-electron chi connectivity index (χ2n) is 6.30. The smallest absolute Gasteiger partial charge is 0.250 e. The van der Waals surface area contributed by atoms with E-state index in [1.54, 1.807) is 6.21 Å². The zero-order valence-electron chi connectivity index (χ0n) is 16.4. The van der Waals surface area contributed by atoms with Gasteiger partial charge in [0.1, 0.15) is 0 Å². The minimum Gasteiger partial charge on any atom is -0.302 e. The lowest BCUT2D eigenvalue weighted by Crippen LogP contribution is -2.20. The fourth-order valence-electron chi connectivity index (χ4n) is 2.70. The molecule has 0 saturated heterocycles. The molecular formula is C22H23N5OS. The molecule has 2 aromatic carbocycles. The van der Waals surface area contributed by atoms with Crippen molar-refractivity contribution in [3.8, 4) is 11.4 Å². The largest absolute Gasteiger partial charge is 0.302 e. The SMILES string of the molecule is CCn1c(SCC(=O)N/N=C\C(C)=C\c2ccccc2)nnc1-c1ccccc1. The predicted molar refractivity (Wildman–Crippen MR) is 119 cm³/mol. The molecule has 1 amide bonds. The average Bonchev–Trinajstić information content (AvgIpc) is 3.16. The van der Waals surface area contributed by atoms with Crippen molar-refractivity contribution in [2.24, 2.45) is 5.10 Å². The van der Waals surface area contributed by atoms with Crippen molar-refractivity contribution in [3.05, 3.63) is 71.8 Å². The van der Waals surface area contributed by atoms with Crippen molar-refractivity contribution in [1.29, 1.82) is 0 Å². The predicted octanol–water partition coefficient (Wildman–Crippen LogP) is 4.26. The van der Waals surface area contributed by atoms with Gasteiger partial charge in [-0.25, -0.2) is 5.43 Å². The van der Waals surface area contributed by atoms with Crippen LogP contribution in [0.15, 0.2) is 76.5 Å². The summed E-state index contributed by atoms with van der Waals surface area (Å²) in [5, 5.41) is 13.3. The van der Waals surface area contributed by atoms with Crippen molar-refractivity contribution in [3.63, 3.8) is 0 Å². The molecule has 3 aromatic rings. The molecule has 6 nitrogen and oxygen atoms in total. The van der Waals surface area contributed by atoms with Crippen LogP contribution in [0.5, 0.6) is 0 Å². The molecule has 0 saturated carbocycles. The molecular weight excluding hydrogens is 382 g/mol. The lowest BCUT2D eigenvalue weighted by Gasteiger charge is -2.06. The molecule has 29 heavy (non-hydrogen) atoms. The van der Waals surface area contributed by atoms with Gasteiger partial charge in [-0.1, -0.05) is 78.5 Å². The van der Waals surface area contributed by atoms with Crippen LogP contribution in [0.4, 0.5) is 0 Å². The van der Waals surface area contributed by atoms with Crippen molar-refractivity contribution in [2.45, 2.75) is 25.5 Å². The molecule has 3 rings (SSSR count). The van der Waals surface area contributed by atoms with Gasteiger partial charge in [-0.15, -0.1) is 10.2 Å². The van der Waals surface area contributed by atoms with Gasteiger partial charge in [0.05, 0.1) is 12.0 Å². The molecule has 1 aromatic heterocycles. The second kappa shape index (κ2) is 10.4. The number of nitrogens with zero attached hydrogens (tertiary/aromatic N) is 4. The van der Waals surface area contributed by atoms with E-state index in [-0.39, 0.29) is 11.7 Å². The quantitative estimate of drug-likeness (QED) is 0.345. The van der Waals surface area contributed by atoms with E-state index < -0.39 is 0 Å². The number of hydrogen-bond acceptors (Lipinski definition) is 5. The Hall–Kier alpha value is -3.19. The van der Waals surface area contributed by atoms with E-state index >= 15 is 0 Å². The maximum absolute atomic E-state index is 12.1. The lowest BCUT2D eigenvalue weighted by molar-refractivity contribution is -0.118. The van der Waals surface area contributed by atoms with Crippen molar-refractivity contribution in [2.75, 3.05) is 5.75 Å². The summed E-state index contributed by atoms with van der Waals surface area (Å²) in [4.78, 5) is 12.1. The minimum atomic E-state index is -0.189. The zero-order chi connectivity index (χ0) is 20.5. The number of carbonyl (C=O) groups excluding carboxylic acids is 1. The van der Waals surface area contributed by atoms with Gasteiger partial charge in [-0.3, -0.25) is 4.79 Å². The minimum absolute atomic E-state index is 0.189. The summed E-state index contributed by atoms with van der Waals surface area (Å²) in [5.41, 5.74) is 5.60. The van der Waals surface area contributed by atoms with E-state index in [4.69, 9.17) is 0 Å². The van der Waals surface area contributed by atoms with E-state index in [2.05, 4.69) is 20.7 Å². The van der Waals surface area contributed by atoms with Crippen LogP contribution in [-0.2, 0) is 11.3 Å². The van der Waals surface area contributed by atoms with Gasteiger partial charge < -0.3 is 4.57 Å². The van der Waals surface area contributed by atoms with E-state index in [0.29, 0.717) is 5.16 Å². The Morgan fingerprint density at radius 2 is 1.79 bits per heavy atom. The number of aromatic nitrogens is 3. The number of thioether (sulfide) groups is 1. The standard InChI is InChI=1S/C22H23N5OS/c1-3-27-21(19-12-8-5-9-13-19)25-26-22(27)29-16-20(28)24-23-15-17(2)14-18-10-6-4-7-11-18/h4-15H,3,16H2,1-2H3,(H,24,28)/b17-14+,23-15-. The number of amides is 1. The zero-order valence-corrected chi connectivity index (χ0v) is 17.3. The van der Waals surface area contributed by atoms with Crippen LogP contribution < -0.4 is 5.43 Å². The Labute approximate surface area is 174 Å². The first-order valence-electron chi connectivity index (χ1n) is 9.34. The third-order valence-electron chi connectivity index (χ3n) is 4.05. The lowest BCUT2D eigenvalue weighted by atomic mass is 10.1. The van der Waals surface area contributed by atoms with E-state index in [1.165, 1.54) is 11.8 Å². The first-order chi connectivity index (χ1) is 14.2. The van der Waals surface area contributed by atoms with Crippen molar-refractivity contribution >= 4 is 30.0 Å². The molecule has 0 unspecified atom stereocenters. The number of benzene rings is 2. The van der Waals surface area contributed by atoms with Gasteiger partial charge in [-0.05, 0) is 25.0 Å². The van der Waals surface area contributed by atoms with Gasteiger partial charge in [0, 0.05) is 12.1 Å². The molecule has 0 radical (unpaired) electrons. The third-order valence-corrected chi connectivity index (χ3v) is 5.02. The molecule has 1 N–H and O–H groups in total. The van der Waals surface area contributed by atoms with Crippen LogP contribution in [0.2, 0.25) is 0 Å². The molecule has 7 heteroatoms. The highest BCUT2D eigenvalue weighted by molar-refractivity contribution is 7.99. The molecule has 0 aliphatic carbocycles. The van der Waals surface area contributed by atoms with E-state index in [9.17, 15) is 4.79 Å². The number of hydrazone groups is 1. The van der Waals surface area contributed by atoms with Gasteiger partial charge in [0.25, 0.3) is 5.91 Å². The van der Waals surface area contributed by atoms with Gasteiger partial charge in [-0.2, -0.15) is 5.10 Å². The fourth-order valence-corrected chi connectivity index (χ4v) is 3.49. The summed E-state index contributed by atoms with van der Waals surface area (Å²) in [5.74, 6) is 0.826. The normalized spacial score (nSPS) is 11.7. The number of carbonyl (C=O) groups is 1. The molecule has 0 atom stereocenters. The summed E-state index contributed by atoms with van der Waals surface area (Å²) >= 11 is 1.35. The number of allylic oxidation sites excluding steroid dienone is 1.